The van der Waals surface area contributed by atoms with Gasteiger partial charge in [-0.1, -0.05) is 13.8 Å². The molecule has 0 radical (unpaired) electrons. The SMILES string of the molecule is CC1CC(C)CN(C(=O)Nc2ccncc2[N+](=O)[O-])C1. The Balaban J connectivity index is 2.10. The number of pyridine rings is 1. The second kappa shape index (κ2) is 5.85. The second-order valence-corrected chi connectivity index (χ2v) is 5.43. The topological polar surface area (TPSA) is 88.4 Å². The van der Waals surface area contributed by atoms with Crippen LogP contribution in [0.4, 0.5) is 16.2 Å². The van der Waals surface area contributed by atoms with E-state index in [9.17, 15) is 14.9 Å². The first-order valence-electron chi connectivity index (χ1n) is 6.61. The highest BCUT2D eigenvalue weighted by Crippen LogP contribution is 2.25. The zero-order valence-corrected chi connectivity index (χ0v) is 11.6. The maximum atomic E-state index is 12.2. The average molecular weight is 278 g/mol. The van der Waals surface area contributed by atoms with Crippen LogP contribution in [0.25, 0.3) is 0 Å². The van der Waals surface area contributed by atoms with Crippen LogP contribution in [0, 0.1) is 22.0 Å². The number of carbonyl (C=O) groups excluding carboxylic acids is 1. The standard InChI is InChI=1S/C13H18N4O3/c1-9-5-10(2)8-16(7-9)13(18)15-11-3-4-14-6-12(11)17(19)20/h3-4,6,9-10H,5,7-8H2,1-2H3,(H,14,15,18). The lowest BCUT2D eigenvalue weighted by Gasteiger charge is -2.34. The number of hydrogen-bond donors (Lipinski definition) is 1. The van der Waals surface area contributed by atoms with Gasteiger partial charge in [0.25, 0.3) is 0 Å². The maximum absolute atomic E-state index is 12.2. The van der Waals surface area contributed by atoms with Gasteiger partial charge in [-0.15, -0.1) is 0 Å². The molecule has 1 aliphatic rings. The van der Waals surface area contributed by atoms with E-state index in [1.54, 1.807) is 4.90 Å². The summed E-state index contributed by atoms with van der Waals surface area (Å²) >= 11 is 0. The molecule has 0 saturated carbocycles. The Morgan fingerprint density at radius 1 is 1.45 bits per heavy atom. The third kappa shape index (κ3) is 3.23. The van der Waals surface area contributed by atoms with Crippen molar-refractivity contribution in [2.24, 2.45) is 11.8 Å². The molecule has 108 valence electrons. The Hall–Kier alpha value is -2.18. The van der Waals surface area contributed by atoms with E-state index in [1.807, 2.05) is 0 Å². The number of amides is 2. The van der Waals surface area contributed by atoms with Crippen LogP contribution in [-0.4, -0.2) is 33.9 Å². The summed E-state index contributed by atoms with van der Waals surface area (Å²) in [6.45, 7) is 5.56. The highest BCUT2D eigenvalue weighted by Gasteiger charge is 2.26. The Labute approximate surface area is 117 Å². The van der Waals surface area contributed by atoms with E-state index in [0.29, 0.717) is 24.9 Å². The molecule has 1 fully saturated rings. The van der Waals surface area contributed by atoms with Crippen LogP contribution in [0.2, 0.25) is 0 Å². The van der Waals surface area contributed by atoms with Crippen molar-refractivity contribution in [1.82, 2.24) is 9.88 Å². The largest absolute Gasteiger partial charge is 0.324 e. The van der Waals surface area contributed by atoms with Gasteiger partial charge in [-0.2, -0.15) is 0 Å². The molecule has 1 aromatic rings. The average Bonchev–Trinajstić information content (AvgIpc) is 2.37. The van der Waals surface area contributed by atoms with Gasteiger partial charge in [-0.05, 0) is 24.3 Å². The number of hydrogen-bond acceptors (Lipinski definition) is 4. The van der Waals surface area contributed by atoms with Gasteiger partial charge in [0.1, 0.15) is 11.9 Å². The Bertz CT molecular complexity index is 510. The molecule has 2 atom stereocenters. The Morgan fingerprint density at radius 3 is 2.70 bits per heavy atom. The first-order valence-corrected chi connectivity index (χ1v) is 6.61. The first-order chi connectivity index (χ1) is 9.47. The third-order valence-corrected chi connectivity index (χ3v) is 3.39. The number of nitrogens with one attached hydrogen (secondary N) is 1. The molecule has 2 amide bonds. The summed E-state index contributed by atoms with van der Waals surface area (Å²) in [6, 6.07) is 1.14. The summed E-state index contributed by atoms with van der Waals surface area (Å²) < 4.78 is 0. The number of likely N-dealkylation sites (tertiary alicyclic amines) is 1. The van der Waals surface area contributed by atoms with Crippen LogP contribution in [0.1, 0.15) is 20.3 Å². The van der Waals surface area contributed by atoms with E-state index >= 15 is 0 Å². The van der Waals surface area contributed by atoms with Crippen LogP contribution in [0.5, 0.6) is 0 Å². The fraction of sp³-hybridized carbons (Fsp3) is 0.538. The number of aromatic nitrogens is 1. The van der Waals surface area contributed by atoms with Gasteiger partial charge < -0.3 is 10.2 Å². The first kappa shape index (κ1) is 14.2. The van der Waals surface area contributed by atoms with Crippen LogP contribution in [0.3, 0.4) is 0 Å². The van der Waals surface area contributed by atoms with Crippen molar-refractivity contribution in [3.05, 3.63) is 28.6 Å². The molecule has 2 unspecified atom stereocenters. The quantitative estimate of drug-likeness (QED) is 0.665. The number of urea groups is 1. The van der Waals surface area contributed by atoms with Crippen molar-refractivity contribution in [3.8, 4) is 0 Å². The lowest BCUT2D eigenvalue weighted by molar-refractivity contribution is -0.384. The number of piperidine rings is 1. The minimum atomic E-state index is -0.552. The predicted molar refractivity (Wildman–Crippen MR) is 74.4 cm³/mol. The van der Waals surface area contributed by atoms with E-state index in [4.69, 9.17) is 0 Å². The van der Waals surface area contributed by atoms with E-state index < -0.39 is 4.92 Å². The van der Waals surface area contributed by atoms with E-state index in [1.165, 1.54) is 12.3 Å². The number of carbonyl (C=O) groups is 1. The third-order valence-electron chi connectivity index (χ3n) is 3.39. The Kier molecular flexibility index (Phi) is 4.16. The van der Waals surface area contributed by atoms with Crippen molar-refractivity contribution >= 4 is 17.4 Å². The highest BCUT2D eigenvalue weighted by molar-refractivity contribution is 5.91. The molecule has 1 aliphatic heterocycles. The molecule has 1 N–H and O–H groups in total. The molecule has 0 aliphatic carbocycles. The van der Waals surface area contributed by atoms with Crippen molar-refractivity contribution in [2.75, 3.05) is 18.4 Å². The van der Waals surface area contributed by atoms with E-state index in [0.717, 1.165) is 12.6 Å². The molecule has 7 heteroatoms. The van der Waals surface area contributed by atoms with Gasteiger partial charge in [0.2, 0.25) is 0 Å². The number of nitrogens with zero attached hydrogens (tertiary/aromatic N) is 3. The second-order valence-electron chi connectivity index (χ2n) is 5.43. The van der Waals surface area contributed by atoms with Crippen LogP contribution >= 0.6 is 0 Å². The van der Waals surface area contributed by atoms with Crippen LogP contribution in [0.15, 0.2) is 18.5 Å². The summed E-state index contributed by atoms with van der Waals surface area (Å²) in [5.74, 6) is 0.883. The van der Waals surface area contributed by atoms with Crippen molar-refractivity contribution < 1.29 is 9.72 Å². The molecular formula is C13H18N4O3. The fourth-order valence-corrected chi connectivity index (χ4v) is 2.66. The van der Waals surface area contributed by atoms with Gasteiger partial charge in [0, 0.05) is 19.3 Å². The molecule has 1 aromatic heterocycles. The molecule has 0 aromatic carbocycles. The molecule has 20 heavy (non-hydrogen) atoms. The summed E-state index contributed by atoms with van der Waals surface area (Å²) in [5.41, 5.74) is -0.0140. The summed E-state index contributed by atoms with van der Waals surface area (Å²) in [5, 5.41) is 13.5. The smallest absolute Gasteiger partial charge is 0.322 e. The fourth-order valence-electron chi connectivity index (χ4n) is 2.66. The molecule has 0 spiro atoms. The van der Waals surface area contributed by atoms with Crippen molar-refractivity contribution in [2.45, 2.75) is 20.3 Å². The van der Waals surface area contributed by atoms with E-state index in [2.05, 4.69) is 24.1 Å². The molecule has 2 heterocycles. The molecule has 0 bridgehead atoms. The zero-order valence-electron chi connectivity index (χ0n) is 11.6. The van der Waals surface area contributed by atoms with Crippen LogP contribution < -0.4 is 5.32 Å². The number of anilines is 1. The molecular weight excluding hydrogens is 260 g/mol. The van der Waals surface area contributed by atoms with Gasteiger partial charge in [-0.3, -0.25) is 15.1 Å². The van der Waals surface area contributed by atoms with Crippen molar-refractivity contribution in [3.63, 3.8) is 0 Å². The summed E-state index contributed by atoms with van der Waals surface area (Å²) in [7, 11) is 0. The predicted octanol–water partition coefficient (Wildman–Crippen LogP) is 2.50. The highest BCUT2D eigenvalue weighted by atomic mass is 16.6. The molecule has 7 nitrogen and oxygen atoms in total. The lowest BCUT2D eigenvalue weighted by atomic mass is 9.92. The van der Waals surface area contributed by atoms with Gasteiger partial charge in [0.15, 0.2) is 0 Å². The zero-order chi connectivity index (χ0) is 14.7. The van der Waals surface area contributed by atoms with Gasteiger partial charge >= 0.3 is 11.7 Å². The summed E-state index contributed by atoms with van der Waals surface area (Å²) in [6.07, 6.45) is 3.65. The van der Waals surface area contributed by atoms with Crippen LogP contribution in [-0.2, 0) is 0 Å². The van der Waals surface area contributed by atoms with Crippen molar-refractivity contribution in [1.29, 1.82) is 0 Å². The normalized spacial score (nSPS) is 22.4. The van der Waals surface area contributed by atoms with Gasteiger partial charge in [0.05, 0.1) is 4.92 Å². The van der Waals surface area contributed by atoms with Gasteiger partial charge in [-0.25, -0.2) is 4.79 Å². The minimum absolute atomic E-state index is 0.181. The minimum Gasteiger partial charge on any atom is -0.324 e. The number of nitro groups is 1. The van der Waals surface area contributed by atoms with E-state index in [-0.39, 0.29) is 17.4 Å². The maximum Gasteiger partial charge on any atom is 0.322 e. The lowest BCUT2D eigenvalue weighted by Crippen LogP contribution is -2.44. The summed E-state index contributed by atoms with van der Waals surface area (Å²) in [4.78, 5) is 28.0. The molecule has 2 rings (SSSR count). The monoisotopic (exact) mass is 278 g/mol. The Morgan fingerprint density at radius 2 is 2.10 bits per heavy atom. The number of rotatable bonds is 2. The molecule has 1 saturated heterocycles.